The number of carbonyl (C=O) groups excluding carboxylic acids is 1. The number of nitrogens with zero attached hydrogens (tertiary/aromatic N) is 2. The molecule has 0 saturated carbocycles. The van der Waals surface area contributed by atoms with Crippen LogP contribution in [0.5, 0.6) is 0 Å². The molecule has 2 saturated heterocycles. The van der Waals surface area contributed by atoms with Gasteiger partial charge in [-0.3, -0.25) is 4.79 Å². The van der Waals surface area contributed by atoms with E-state index in [0.29, 0.717) is 11.3 Å². The molecule has 2 heterocycles. The summed E-state index contributed by atoms with van der Waals surface area (Å²) in [7, 11) is 0. The highest BCUT2D eigenvalue weighted by atomic mass is 16.2. The van der Waals surface area contributed by atoms with Gasteiger partial charge in [-0.15, -0.1) is 0 Å². The van der Waals surface area contributed by atoms with Crippen LogP contribution in [0.15, 0.2) is 0 Å². The average Bonchev–Trinajstić information content (AvgIpc) is 2.81. The van der Waals surface area contributed by atoms with E-state index in [4.69, 9.17) is 0 Å². The van der Waals surface area contributed by atoms with Crippen LogP contribution in [0.3, 0.4) is 0 Å². The van der Waals surface area contributed by atoms with E-state index in [1.807, 2.05) is 0 Å². The molecule has 0 aromatic carbocycles. The number of unbranched alkanes of at least 4 members (excludes halogenated alkanes) is 4. The van der Waals surface area contributed by atoms with Gasteiger partial charge in [0.25, 0.3) is 0 Å². The first-order chi connectivity index (χ1) is 15.5. The zero-order valence-electron chi connectivity index (χ0n) is 22.3. The van der Waals surface area contributed by atoms with Gasteiger partial charge >= 0.3 is 0 Å². The molecule has 2 rings (SSSR count). The van der Waals surface area contributed by atoms with E-state index >= 15 is 0 Å². The second-order valence-electron chi connectivity index (χ2n) is 11.4. The summed E-state index contributed by atoms with van der Waals surface area (Å²) >= 11 is 0. The first-order valence-corrected chi connectivity index (χ1v) is 14.5. The van der Waals surface area contributed by atoms with Crippen molar-refractivity contribution in [3.05, 3.63) is 0 Å². The fraction of sp³-hybridized carbons (Fsp3) is 0.966. The molecule has 2 unspecified atom stereocenters. The topological polar surface area (TPSA) is 23.6 Å². The van der Waals surface area contributed by atoms with E-state index in [2.05, 4.69) is 37.5 Å². The van der Waals surface area contributed by atoms with Crippen LogP contribution in [0.1, 0.15) is 130 Å². The molecule has 1 amide bonds. The minimum atomic E-state index is 0.217. The Hall–Kier alpha value is -0.570. The molecule has 3 heteroatoms. The Morgan fingerprint density at radius 3 is 1.97 bits per heavy atom. The highest BCUT2D eigenvalue weighted by Crippen LogP contribution is 2.41. The maximum Gasteiger partial charge on any atom is 0.225 e. The van der Waals surface area contributed by atoms with Crippen LogP contribution in [0.25, 0.3) is 0 Å². The van der Waals surface area contributed by atoms with Gasteiger partial charge in [-0.05, 0) is 75.9 Å². The van der Waals surface area contributed by atoms with Gasteiger partial charge in [-0.1, -0.05) is 85.5 Å². The van der Waals surface area contributed by atoms with Crippen molar-refractivity contribution < 1.29 is 4.79 Å². The zero-order valence-corrected chi connectivity index (χ0v) is 22.3. The number of likely N-dealkylation sites (tertiary alicyclic amines) is 2. The van der Waals surface area contributed by atoms with Crippen molar-refractivity contribution in [3.8, 4) is 0 Å². The Kier molecular flexibility index (Phi) is 13.3. The number of hydrogen-bond acceptors (Lipinski definition) is 2. The molecule has 32 heavy (non-hydrogen) atoms. The van der Waals surface area contributed by atoms with Crippen LogP contribution in [0, 0.1) is 17.3 Å². The third kappa shape index (κ3) is 9.35. The van der Waals surface area contributed by atoms with Crippen LogP contribution in [-0.2, 0) is 4.79 Å². The van der Waals surface area contributed by atoms with Crippen molar-refractivity contribution in [2.75, 3.05) is 32.7 Å². The van der Waals surface area contributed by atoms with Crippen LogP contribution >= 0.6 is 0 Å². The van der Waals surface area contributed by atoms with Crippen LogP contribution in [-0.4, -0.2) is 48.4 Å². The van der Waals surface area contributed by atoms with Crippen molar-refractivity contribution in [3.63, 3.8) is 0 Å². The van der Waals surface area contributed by atoms with Crippen molar-refractivity contribution in [2.24, 2.45) is 17.3 Å². The highest BCUT2D eigenvalue weighted by Gasteiger charge is 2.38. The molecular formula is C29H56N2O. The minimum absolute atomic E-state index is 0.217. The van der Waals surface area contributed by atoms with Gasteiger partial charge in [-0.2, -0.15) is 0 Å². The highest BCUT2D eigenvalue weighted by molar-refractivity contribution is 5.78. The molecule has 2 atom stereocenters. The number of amides is 1. The molecule has 0 N–H and O–H groups in total. The normalized spacial score (nSPS) is 21.1. The molecule has 0 aromatic heterocycles. The monoisotopic (exact) mass is 448 g/mol. The van der Waals surface area contributed by atoms with E-state index in [1.54, 1.807) is 0 Å². The summed E-state index contributed by atoms with van der Waals surface area (Å²) < 4.78 is 0. The SMILES string of the molecule is CCCCCCC(CCC)CCCN1CCC2(CC1)CCN(C(=O)C(C)CCCC)CC2. The van der Waals surface area contributed by atoms with E-state index in [0.717, 1.165) is 25.4 Å². The first kappa shape index (κ1) is 27.7. The summed E-state index contributed by atoms with van der Waals surface area (Å²) in [5.41, 5.74) is 0.532. The quantitative estimate of drug-likeness (QED) is 0.240. The summed E-state index contributed by atoms with van der Waals surface area (Å²) in [6, 6.07) is 0. The lowest BCUT2D eigenvalue weighted by atomic mass is 9.71. The molecule has 1 spiro atoms. The molecule has 2 fully saturated rings. The number of hydrogen-bond donors (Lipinski definition) is 0. The molecule has 2 aliphatic rings. The van der Waals surface area contributed by atoms with Crippen molar-refractivity contribution >= 4 is 5.91 Å². The van der Waals surface area contributed by atoms with Gasteiger partial charge in [0.15, 0.2) is 0 Å². The Morgan fingerprint density at radius 1 is 0.719 bits per heavy atom. The number of rotatable bonds is 15. The van der Waals surface area contributed by atoms with Crippen molar-refractivity contribution in [2.45, 2.75) is 130 Å². The van der Waals surface area contributed by atoms with Crippen molar-refractivity contribution in [1.29, 1.82) is 0 Å². The summed E-state index contributed by atoms with van der Waals surface area (Å²) in [6.45, 7) is 14.9. The fourth-order valence-corrected chi connectivity index (χ4v) is 6.20. The summed E-state index contributed by atoms with van der Waals surface area (Å²) in [5, 5.41) is 0. The number of carbonyl (C=O) groups is 1. The maximum atomic E-state index is 12.8. The third-order valence-corrected chi connectivity index (χ3v) is 8.71. The summed E-state index contributed by atoms with van der Waals surface area (Å²) in [6.07, 6.45) is 21.3. The zero-order chi connectivity index (χ0) is 23.2. The van der Waals surface area contributed by atoms with E-state index in [1.165, 1.54) is 116 Å². The summed E-state index contributed by atoms with van der Waals surface area (Å²) in [4.78, 5) is 17.7. The Bertz CT molecular complexity index is 487. The average molecular weight is 449 g/mol. The molecule has 188 valence electrons. The van der Waals surface area contributed by atoms with Crippen LogP contribution < -0.4 is 0 Å². The second kappa shape index (κ2) is 15.4. The lowest BCUT2D eigenvalue weighted by Crippen LogP contribution is -2.49. The van der Waals surface area contributed by atoms with Gasteiger partial charge in [0.05, 0.1) is 0 Å². The standard InChI is InChI=1S/C29H56N2O/c1-5-8-10-11-15-27(13-7-3)16-12-21-30-22-17-29(18-23-30)19-24-31(25-20-29)28(32)26(4)14-9-6-2/h26-27H,5-25H2,1-4H3. The third-order valence-electron chi connectivity index (χ3n) is 8.71. The number of piperidine rings is 2. The van der Waals surface area contributed by atoms with E-state index < -0.39 is 0 Å². The van der Waals surface area contributed by atoms with Gasteiger partial charge in [-0.25, -0.2) is 0 Å². The molecule has 0 aromatic rings. The smallest absolute Gasteiger partial charge is 0.225 e. The fourth-order valence-electron chi connectivity index (χ4n) is 6.20. The lowest BCUT2D eigenvalue weighted by Gasteiger charge is -2.47. The molecule has 0 aliphatic carbocycles. The van der Waals surface area contributed by atoms with E-state index in [-0.39, 0.29) is 5.92 Å². The molecule has 2 aliphatic heterocycles. The molecule has 0 bridgehead atoms. The molecule has 0 radical (unpaired) electrons. The lowest BCUT2D eigenvalue weighted by molar-refractivity contribution is -0.138. The van der Waals surface area contributed by atoms with Gasteiger partial charge in [0.1, 0.15) is 0 Å². The predicted octanol–water partition coefficient (Wildman–Crippen LogP) is 7.68. The van der Waals surface area contributed by atoms with Crippen molar-refractivity contribution in [1.82, 2.24) is 9.80 Å². The van der Waals surface area contributed by atoms with Gasteiger partial charge in [0.2, 0.25) is 5.91 Å². The van der Waals surface area contributed by atoms with Gasteiger partial charge in [0, 0.05) is 19.0 Å². The van der Waals surface area contributed by atoms with Crippen LogP contribution in [0.2, 0.25) is 0 Å². The van der Waals surface area contributed by atoms with E-state index in [9.17, 15) is 4.79 Å². The predicted molar refractivity (Wildman–Crippen MR) is 139 cm³/mol. The van der Waals surface area contributed by atoms with Gasteiger partial charge < -0.3 is 9.80 Å². The molecule has 3 nitrogen and oxygen atoms in total. The Morgan fingerprint density at radius 2 is 1.34 bits per heavy atom. The first-order valence-electron chi connectivity index (χ1n) is 14.5. The van der Waals surface area contributed by atoms with Crippen LogP contribution in [0.4, 0.5) is 0 Å². The largest absolute Gasteiger partial charge is 0.342 e. The summed E-state index contributed by atoms with van der Waals surface area (Å²) in [5.74, 6) is 1.60. The second-order valence-corrected chi connectivity index (χ2v) is 11.4. The maximum absolute atomic E-state index is 12.8. The minimum Gasteiger partial charge on any atom is -0.342 e. The molecular weight excluding hydrogens is 392 g/mol. The Balaban J connectivity index is 1.64. The Labute approximate surface area is 201 Å².